The summed E-state index contributed by atoms with van der Waals surface area (Å²) in [7, 11) is -2.10. The lowest BCUT2D eigenvalue weighted by Crippen LogP contribution is -2.47. The van der Waals surface area contributed by atoms with Crippen LogP contribution in [0.15, 0.2) is 0 Å². The van der Waals surface area contributed by atoms with E-state index in [9.17, 15) is 23.1 Å². The van der Waals surface area contributed by atoms with Gasteiger partial charge in [-0.3, -0.25) is 9.59 Å². The van der Waals surface area contributed by atoms with E-state index in [0.29, 0.717) is 12.8 Å². The number of rotatable bonds is 5. The molecule has 0 spiro atoms. The Morgan fingerprint density at radius 2 is 1.76 bits per heavy atom. The van der Waals surface area contributed by atoms with E-state index >= 15 is 0 Å². The fraction of sp³-hybridized carbons (Fsp3) is 0.846. The van der Waals surface area contributed by atoms with E-state index in [1.165, 1.54) is 7.05 Å². The van der Waals surface area contributed by atoms with Crippen LogP contribution in [0.3, 0.4) is 0 Å². The molecule has 1 aliphatic carbocycles. The lowest BCUT2D eigenvalue weighted by atomic mass is 9.87. The molecule has 122 valence electrons. The van der Waals surface area contributed by atoms with Gasteiger partial charge in [0.15, 0.2) is 0 Å². The number of sulfonamides is 1. The molecule has 21 heavy (non-hydrogen) atoms. The van der Waals surface area contributed by atoms with Crippen molar-refractivity contribution in [3.05, 3.63) is 0 Å². The van der Waals surface area contributed by atoms with E-state index in [-0.39, 0.29) is 6.54 Å². The first-order valence-corrected chi connectivity index (χ1v) is 9.00. The lowest BCUT2D eigenvalue weighted by molar-refractivity contribution is -0.143. The maximum Gasteiger partial charge on any atom is 0.308 e. The molecule has 0 radical (unpaired) electrons. The molecule has 7 nitrogen and oxygen atoms in total. The molecule has 1 amide bonds. The number of carboxylic acids is 1. The number of amides is 1. The van der Waals surface area contributed by atoms with Crippen molar-refractivity contribution in [2.75, 3.05) is 19.8 Å². The molecule has 0 aliphatic heterocycles. The van der Waals surface area contributed by atoms with E-state index < -0.39 is 33.9 Å². The highest BCUT2D eigenvalue weighted by molar-refractivity contribution is 7.88. The monoisotopic (exact) mass is 320 g/mol. The second-order valence-corrected chi connectivity index (χ2v) is 7.72. The number of carbonyl (C=O) groups is 2. The van der Waals surface area contributed by atoms with Crippen molar-refractivity contribution in [2.45, 2.75) is 44.6 Å². The van der Waals surface area contributed by atoms with E-state index in [1.807, 2.05) is 0 Å². The van der Waals surface area contributed by atoms with E-state index in [2.05, 4.69) is 5.32 Å². The Labute approximate surface area is 125 Å². The third-order valence-electron chi connectivity index (χ3n) is 3.86. The SMILES string of the molecule is CN(CC(=O)NC1CCCCCCC1C(=O)O)S(C)(=O)=O. The van der Waals surface area contributed by atoms with E-state index in [1.54, 1.807) is 0 Å². The van der Waals surface area contributed by atoms with Gasteiger partial charge in [0.25, 0.3) is 0 Å². The number of likely N-dealkylation sites (N-methyl/N-ethyl adjacent to an activating group) is 1. The topological polar surface area (TPSA) is 104 Å². The van der Waals surface area contributed by atoms with Crippen molar-refractivity contribution >= 4 is 21.9 Å². The van der Waals surface area contributed by atoms with Crippen LogP contribution in [0.2, 0.25) is 0 Å². The highest BCUT2D eigenvalue weighted by Gasteiger charge is 2.30. The van der Waals surface area contributed by atoms with E-state index in [0.717, 1.165) is 36.2 Å². The molecular weight excluding hydrogens is 296 g/mol. The minimum absolute atomic E-state index is 0.290. The summed E-state index contributed by atoms with van der Waals surface area (Å²) in [5, 5.41) is 12.0. The summed E-state index contributed by atoms with van der Waals surface area (Å²) in [6.07, 6.45) is 5.94. The van der Waals surface area contributed by atoms with Gasteiger partial charge in [0.1, 0.15) is 0 Å². The largest absolute Gasteiger partial charge is 0.481 e. The number of aliphatic carboxylic acids is 1. The third kappa shape index (κ3) is 6.01. The molecule has 0 aromatic rings. The molecule has 2 atom stereocenters. The predicted molar refractivity (Wildman–Crippen MR) is 78.2 cm³/mol. The van der Waals surface area contributed by atoms with Crippen LogP contribution < -0.4 is 5.32 Å². The van der Waals surface area contributed by atoms with Crippen molar-refractivity contribution in [3.63, 3.8) is 0 Å². The quantitative estimate of drug-likeness (QED) is 0.764. The molecule has 8 heteroatoms. The predicted octanol–water partition coefficient (Wildman–Crippen LogP) is 0.418. The number of carbonyl (C=O) groups excluding carboxylic acids is 1. The molecule has 1 rings (SSSR count). The number of hydrogen-bond acceptors (Lipinski definition) is 4. The number of nitrogens with one attached hydrogen (secondary N) is 1. The Morgan fingerprint density at radius 1 is 1.19 bits per heavy atom. The van der Waals surface area contributed by atoms with Gasteiger partial charge in [0, 0.05) is 13.1 Å². The molecule has 1 saturated carbocycles. The molecule has 1 fully saturated rings. The average Bonchev–Trinajstić information content (AvgIpc) is 2.30. The molecular formula is C13H24N2O5S. The Kier molecular flexibility index (Phi) is 6.60. The molecule has 0 aromatic carbocycles. The zero-order chi connectivity index (χ0) is 16.0. The van der Waals surface area contributed by atoms with Crippen molar-refractivity contribution in [1.29, 1.82) is 0 Å². The molecule has 2 N–H and O–H groups in total. The van der Waals surface area contributed by atoms with Gasteiger partial charge in [-0.1, -0.05) is 25.7 Å². The second kappa shape index (κ2) is 7.74. The number of carboxylic acid groups (broad SMARTS) is 1. The van der Waals surface area contributed by atoms with Crippen LogP contribution >= 0.6 is 0 Å². The van der Waals surface area contributed by atoms with Crippen LogP contribution in [0.5, 0.6) is 0 Å². The van der Waals surface area contributed by atoms with Crippen LogP contribution in [0.4, 0.5) is 0 Å². The average molecular weight is 320 g/mol. The summed E-state index contributed by atoms with van der Waals surface area (Å²) in [6.45, 7) is -0.290. The Morgan fingerprint density at radius 3 is 2.29 bits per heavy atom. The molecule has 0 saturated heterocycles. The highest BCUT2D eigenvalue weighted by atomic mass is 32.2. The van der Waals surface area contributed by atoms with Gasteiger partial charge < -0.3 is 10.4 Å². The second-order valence-electron chi connectivity index (χ2n) is 5.63. The third-order valence-corrected chi connectivity index (χ3v) is 5.12. The standard InChI is InChI=1S/C13H24N2O5S/c1-15(21(2,19)20)9-12(16)14-11-8-6-4-3-5-7-10(11)13(17)18/h10-11H,3-9H2,1-2H3,(H,14,16)(H,17,18). The van der Waals surface area contributed by atoms with Crippen LogP contribution in [0, 0.1) is 5.92 Å². The molecule has 2 unspecified atom stereocenters. The maximum atomic E-state index is 11.9. The van der Waals surface area contributed by atoms with Gasteiger partial charge in [0.05, 0.1) is 18.7 Å². The van der Waals surface area contributed by atoms with Crippen molar-refractivity contribution in [2.24, 2.45) is 5.92 Å². The van der Waals surface area contributed by atoms with Crippen LogP contribution in [0.1, 0.15) is 38.5 Å². The van der Waals surface area contributed by atoms with Gasteiger partial charge in [0.2, 0.25) is 15.9 Å². The van der Waals surface area contributed by atoms with Crippen LogP contribution in [0.25, 0.3) is 0 Å². The molecule has 1 aliphatic rings. The summed E-state index contributed by atoms with van der Waals surface area (Å²) in [4.78, 5) is 23.3. The van der Waals surface area contributed by atoms with Crippen molar-refractivity contribution < 1.29 is 23.1 Å². The summed E-state index contributed by atoms with van der Waals surface area (Å²) in [5.74, 6) is -1.96. The van der Waals surface area contributed by atoms with Gasteiger partial charge in [-0.15, -0.1) is 0 Å². The number of hydrogen-bond donors (Lipinski definition) is 2. The van der Waals surface area contributed by atoms with Crippen molar-refractivity contribution in [3.8, 4) is 0 Å². The summed E-state index contributed by atoms with van der Waals surface area (Å²) < 4.78 is 23.5. The van der Waals surface area contributed by atoms with Crippen LogP contribution in [-0.2, 0) is 19.6 Å². The zero-order valence-corrected chi connectivity index (χ0v) is 13.4. The smallest absolute Gasteiger partial charge is 0.308 e. The number of nitrogens with zero attached hydrogens (tertiary/aromatic N) is 1. The fourth-order valence-electron chi connectivity index (χ4n) is 2.52. The minimum atomic E-state index is -3.43. The van der Waals surface area contributed by atoms with Crippen molar-refractivity contribution in [1.82, 2.24) is 9.62 Å². The Hall–Kier alpha value is -1.15. The van der Waals surface area contributed by atoms with E-state index in [4.69, 9.17) is 0 Å². The van der Waals surface area contributed by atoms with Gasteiger partial charge >= 0.3 is 5.97 Å². The van der Waals surface area contributed by atoms with Gasteiger partial charge in [-0.25, -0.2) is 8.42 Å². The Balaban J connectivity index is 2.67. The fourth-order valence-corrected chi connectivity index (χ4v) is 2.88. The molecule has 0 heterocycles. The van der Waals surface area contributed by atoms with Crippen LogP contribution in [-0.4, -0.2) is 55.6 Å². The summed E-state index contributed by atoms with van der Waals surface area (Å²) in [5.41, 5.74) is 0. The normalized spacial score (nSPS) is 24.1. The maximum absolute atomic E-state index is 11.9. The molecule has 0 bridgehead atoms. The molecule has 0 aromatic heterocycles. The van der Waals surface area contributed by atoms with Gasteiger partial charge in [-0.05, 0) is 12.8 Å². The summed E-state index contributed by atoms with van der Waals surface area (Å²) >= 11 is 0. The lowest BCUT2D eigenvalue weighted by Gasteiger charge is -2.27. The van der Waals surface area contributed by atoms with Gasteiger partial charge in [-0.2, -0.15) is 4.31 Å². The first-order valence-electron chi connectivity index (χ1n) is 7.15. The zero-order valence-electron chi connectivity index (χ0n) is 12.5. The minimum Gasteiger partial charge on any atom is -0.481 e. The first-order chi connectivity index (χ1) is 9.71. The Bertz CT molecular complexity index is 477. The highest BCUT2D eigenvalue weighted by Crippen LogP contribution is 2.23. The first kappa shape index (κ1) is 17.9. The summed E-state index contributed by atoms with van der Waals surface area (Å²) in [6, 6.07) is -0.428.